The van der Waals surface area contributed by atoms with Crippen LogP contribution in [-0.2, 0) is 0 Å². The van der Waals surface area contributed by atoms with E-state index in [1.54, 1.807) is 20.2 Å². The average molecular weight is 250 g/mol. The smallest absolute Gasteiger partial charge is 0.321 e. The van der Waals surface area contributed by atoms with Gasteiger partial charge in [0.05, 0.1) is 12.3 Å². The maximum Gasteiger partial charge on any atom is 0.321 e. The monoisotopic (exact) mass is 250 g/mol. The van der Waals surface area contributed by atoms with Crippen molar-refractivity contribution in [3.63, 3.8) is 0 Å². The Labute approximate surface area is 105 Å². The lowest BCUT2D eigenvalue weighted by Crippen LogP contribution is -2.27. The molecule has 1 aromatic rings. The predicted octanol–water partition coefficient (Wildman–Crippen LogP) is 1.65. The minimum absolute atomic E-state index is 0.0214. The molecule has 96 valence electrons. The van der Waals surface area contributed by atoms with Gasteiger partial charge in [-0.2, -0.15) is 0 Å². The molecule has 0 fully saturated rings. The average Bonchev–Trinajstić information content (AvgIpc) is 2.32. The summed E-state index contributed by atoms with van der Waals surface area (Å²) in [5.74, 6) is 4.87. The first-order valence-electron chi connectivity index (χ1n) is 5.42. The Morgan fingerprint density at radius 2 is 2.22 bits per heavy atom. The highest BCUT2D eigenvalue weighted by molar-refractivity contribution is 5.89. The molecule has 0 spiro atoms. The molecule has 0 atom stereocenters. The van der Waals surface area contributed by atoms with Gasteiger partial charge in [0.1, 0.15) is 5.82 Å². The van der Waals surface area contributed by atoms with E-state index < -0.39 is 11.8 Å². The Hall–Kier alpha value is -2.06. The van der Waals surface area contributed by atoms with Gasteiger partial charge in [-0.1, -0.05) is 11.8 Å². The second kappa shape index (κ2) is 6.62. The van der Waals surface area contributed by atoms with Crippen LogP contribution in [0.4, 0.5) is 14.9 Å². The fourth-order valence-corrected chi connectivity index (χ4v) is 1.14. The molecule has 0 aliphatic rings. The standard InChI is InChI=1S/C13H15FN2O2/c1-16(2)13(18)15-12-7-6-10(9-11(12)14)5-3-4-8-17/h6-7,9,17H,4,8H2,1-2H3,(H,15,18). The number of benzene rings is 1. The Bertz CT molecular complexity index is 489. The highest BCUT2D eigenvalue weighted by Crippen LogP contribution is 2.15. The lowest BCUT2D eigenvalue weighted by Gasteiger charge is -2.12. The van der Waals surface area contributed by atoms with Gasteiger partial charge in [-0.25, -0.2) is 9.18 Å². The van der Waals surface area contributed by atoms with Gasteiger partial charge in [0.25, 0.3) is 0 Å². The number of nitrogens with one attached hydrogen (secondary N) is 1. The molecule has 0 saturated heterocycles. The molecule has 2 amide bonds. The number of halogens is 1. The van der Waals surface area contributed by atoms with Gasteiger partial charge < -0.3 is 15.3 Å². The fourth-order valence-electron chi connectivity index (χ4n) is 1.14. The minimum atomic E-state index is -0.541. The molecule has 0 aliphatic heterocycles. The zero-order valence-electron chi connectivity index (χ0n) is 10.3. The van der Waals surface area contributed by atoms with E-state index in [1.165, 1.54) is 17.0 Å². The van der Waals surface area contributed by atoms with Gasteiger partial charge in [-0.05, 0) is 18.2 Å². The molecule has 0 saturated carbocycles. The third-order valence-electron chi connectivity index (χ3n) is 2.09. The zero-order chi connectivity index (χ0) is 13.5. The highest BCUT2D eigenvalue weighted by Gasteiger charge is 2.08. The number of carbonyl (C=O) groups excluding carboxylic acids is 1. The zero-order valence-corrected chi connectivity index (χ0v) is 10.3. The number of amides is 2. The van der Waals surface area contributed by atoms with Crippen molar-refractivity contribution in [3.05, 3.63) is 29.6 Å². The van der Waals surface area contributed by atoms with Crippen LogP contribution in [-0.4, -0.2) is 36.7 Å². The lowest BCUT2D eigenvalue weighted by atomic mass is 10.2. The predicted molar refractivity (Wildman–Crippen MR) is 67.7 cm³/mol. The Morgan fingerprint density at radius 3 is 2.78 bits per heavy atom. The van der Waals surface area contributed by atoms with Crippen molar-refractivity contribution < 1.29 is 14.3 Å². The summed E-state index contributed by atoms with van der Waals surface area (Å²) in [5, 5.41) is 11.0. The lowest BCUT2D eigenvalue weighted by molar-refractivity contribution is 0.230. The molecule has 1 rings (SSSR count). The highest BCUT2D eigenvalue weighted by atomic mass is 19.1. The van der Waals surface area contributed by atoms with Crippen LogP contribution in [0.25, 0.3) is 0 Å². The van der Waals surface area contributed by atoms with Crippen molar-refractivity contribution in [1.82, 2.24) is 4.90 Å². The number of hydrogen-bond acceptors (Lipinski definition) is 2. The number of aliphatic hydroxyl groups excluding tert-OH is 1. The van der Waals surface area contributed by atoms with Crippen LogP contribution in [0.1, 0.15) is 12.0 Å². The number of urea groups is 1. The quantitative estimate of drug-likeness (QED) is 0.784. The van der Waals surface area contributed by atoms with Crippen LogP contribution >= 0.6 is 0 Å². The van der Waals surface area contributed by atoms with Crippen molar-refractivity contribution in [2.45, 2.75) is 6.42 Å². The molecule has 0 bridgehead atoms. The SMILES string of the molecule is CN(C)C(=O)Nc1ccc(C#CCCO)cc1F. The number of carbonyl (C=O) groups is 1. The number of anilines is 1. The van der Waals surface area contributed by atoms with Crippen LogP contribution in [0, 0.1) is 17.7 Å². The largest absolute Gasteiger partial charge is 0.395 e. The van der Waals surface area contributed by atoms with E-state index in [9.17, 15) is 9.18 Å². The van der Waals surface area contributed by atoms with Gasteiger partial charge in [0.15, 0.2) is 0 Å². The van der Waals surface area contributed by atoms with E-state index in [0.717, 1.165) is 0 Å². The van der Waals surface area contributed by atoms with Crippen molar-refractivity contribution in [1.29, 1.82) is 0 Å². The van der Waals surface area contributed by atoms with Crippen molar-refractivity contribution in [2.24, 2.45) is 0 Å². The summed E-state index contributed by atoms with van der Waals surface area (Å²) >= 11 is 0. The summed E-state index contributed by atoms with van der Waals surface area (Å²) < 4.78 is 13.6. The summed E-state index contributed by atoms with van der Waals surface area (Å²) in [6.45, 7) is -0.0214. The van der Waals surface area contributed by atoms with E-state index in [2.05, 4.69) is 17.2 Å². The van der Waals surface area contributed by atoms with Gasteiger partial charge in [0.2, 0.25) is 0 Å². The molecular weight excluding hydrogens is 235 g/mol. The van der Waals surface area contributed by atoms with Crippen LogP contribution in [0.3, 0.4) is 0 Å². The maximum atomic E-state index is 13.6. The first-order valence-corrected chi connectivity index (χ1v) is 5.42. The molecule has 5 heteroatoms. The summed E-state index contributed by atoms with van der Waals surface area (Å²) in [5.41, 5.74) is 0.616. The number of aliphatic hydroxyl groups is 1. The molecule has 2 N–H and O–H groups in total. The van der Waals surface area contributed by atoms with Crippen LogP contribution in [0.15, 0.2) is 18.2 Å². The maximum absolute atomic E-state index is 13.6. The fraction of sp³-hybridized carbons (Fsp3) is 0.308. The van der Waals surface area contributed by atoms with E-state index in [1.807, 2.05) is 0 Å². The molecule has 0 radical (unpaired) electrons. The summed E-state index contributed by atoms with van der Waals surface area (Å²) in [4.78, 5) is 12.7. The van der Waals surface area contributed by atoms with Crippen molar-refractivity contribution in [3.8, 4) is 11.8 Å². The summed E-state index contributed by atoms with van der Waals surface area (Å²) in [6.07, 6.45) is 0.348. The van der Waals surface area contributed by atoms with E-state index in [-0.39, 0.29) is 12.3 Å². The Morgan fingerprint density at radius 1 is 1.50 bits per heavy atom. The van der Waals surface area contributed by atoms with Crippen molar-refractivity contribution >= 4 is 11.7 Å². The van der Waals surface area contributed by atoms with Gasteiger partial charge in [0, 0.05) is 26.1 Å². The van der Waals surface area contributed by atoms with Gasteiger partial charge >= 0.3 is 6.03 Å². The molecule has 0 unspecified atom stereocenters. The number of hydrogen-bond donors (Lipinski definition) is 2. The molecule has 4 nitrogen and oxygen atoms in total. The van der Waals surface area contributed by atoms with Crippen molar-refractivity contribution in [2.75, 3.05) is 26.0 Å². The second-order valence-electron chi connectivity index (χ2n) is 3.79. The molecule has 0 heterocycles. The molecule has 0 aliphatic carbocycles. The summed E-state index contributed by atoms with van der Waals surface area (Å²) in [6, 6.07) is 3.92. The van der Waals surface area contributed by atoms with Crippen LogP contribution < -0.4 is 5.32 Å². The first-order chi connectivity index (χ1) is 8.54. The van der Waals surface area contributed by atoms with E-state index in [0.29, 0.717) is 12.0 Å². The van der Waals surface area contributed by atoms with Crippen LogP contribution in [0.2, 0.25) is 0 Å². The number of nitrogens with zero attached hydrogens (tertiary/aromatic N) is 1. The Kier molecular flexibility index (Phi) is 5.15. The third kappa shape index (κ3) is 4.07. The van der Waals surface area contributed by atoms with Gasteiger partial charge in [-0.3, -0.25) is 0 Å². The molecule has 0 aromatic heterocycles. The molecular formula is C13H15FN2O2. The first kappa shape index (κ1) is 14.0. The minimum Gasteiger partial charge on any atom is -0.395 e. The molecule has 18 heavy (non-hydrogen) atoms. The molecule has 1 aromatic carbocycles. The summed E-state index contributed by atoms with van der Waals surface area (Å²) in [7, 11) is 3.14. The number of rotatable bonds is 2. The van der Waals surface area contributed by atoms with Gasteiger partial charge in [-0.15, -0.1) is 0 Å². The topological polar surface area (TPSA) is 52.6 Å². The van der Waals surface area contributed by atoms with Crippen LogP contribution in [0.5, 0.6) is 0 Å². The van der Waals surface area contributed by atoms with E-state index >= 15 is 0 Å². The normalized spacial score (nSPS) is 9.33. The third-order valence-corrected chi connectivity index (χ3v) is 2.09. The Balaban J connectivity index is 2.81. The van der Waals surface area contributed by atoms with E-state index in [4.69, 9.17) is 5.11 Å². The second-order valence-corrected chi connectivity index (χ2v) is 3.79.